The molecular weight excluding hydrogens is 411 g/mol. The van der Waals surface area contributed by atoms with Gasteiger partial charge in [0, 0.05) is 25.4 Å². The summed E-state index contributed by atoms with van der Waals surface area (Å²) in [6.45, 7) is 1.63. The minimum absolute atomic E-state index is 0.0696. The van der Waals surface area contributed by atoms with E-state index < -0.39 is 0 Å². The van der Waals surface area contributed by atoms with Crippen molar-refractivity contribution in [2.75, 3.05) is 13.1 Å². The number of carbonyl (C=O) groups excluding carboxylic acids is 1. The van der Waals surface area contributed by atoms with Gasteiger partial charge in [0.2, 0.25) is 5.91 Å². The second-order valence-corrected chi connectivity index (χ2v) is 9.01. The van der Waals surface area contributed by atoms with Crippen LogP contribution < -0.4 is 5.56 Å². The number of aromatic nitrogens is 5. The minimum atomic E-state index is -0.326. The number of nitrogens with one attached hydrogen (secondary N) is 1. The van der Waals surface area contributed by atoms with Gasteiger partial charge in [-0.05, 0) is 49.3 Å². The molecule has 168 valence electrons. The lowest BCUT2D eigenvalue weighted by atomic mass is 9.94. The lowest BCUT2D eigenvalue weighted by Gasteiger charge is -2.32. The Morgan fingerprint density at radius 1 is 1.16 bits per heavy atom. The number of halogens is 1. The van der Waals surface area contributed by atoms with Crippen molar-refractivity contribution in [2.45, 2.75) is 57.4 Å². The zero-order valence-corrected chi connectivity index (χ0v) is 18.0. The van der Waals surface area contributed by atoms with Gasteiger partial charge in [-0.25, -0.2) is 14.1 Å². The van der Waals surface area contributed by atoms with Gasteiger partial charge in [0.25, 0.3) is 5.56 Å². The van der Waals surface area contributed by atoms with E-state index in [0.29, 0.717) is 36.9 Å². The Kier molecular flexibility index (Phi) is 5.71. The van der Waals surface area contributed by atoms with Crippen molar-refractivity contribution < 1.29 is 9.18 Å². The van der Waals surface area contributed by atoms with Gasteiger partial charge in [0.05, 0.1) is 6.54 Å². The van der Waals surface area contributed by atoms with E-state index in [-0.39, 0.29) is 35.3 Å². The van der Waals surface area contributed by atoms with Crippen LogP contribution in [-0.2, 0) is 11.3 Å². The van der Waals surface area contributed by atoms with Gasteiger partial charge in [-0.1, -0.05) is 30.2 Å². The monoisotopic (exact) mass is 438 g/mol. The molecule has 0 bridgehead atoms. The van der Waals surface area contributed by atoms with Crippen molar-refractivity contribution in [3.05, 3.63) is 51.8 Å². The van der Waals surface area contributed by atoms with E-state index >= 15 is 0 Å². The number of likely N-dealkylation sites (tertiary alicyclic amines) is 1. The Morgan fingerprint density at radius 3 is 2.69 bits per heavy atom. The molecule has 0 unspecified atom stereocenters. The second-order valence-electron chi connectivity index (χ2n) is 9.01. The number of carbonyl (C=O) groups is 1. The number of nitrogens with zero attached hydrogens (tertiary/aromatic N) is 5. The molecule has 1 aliphatic heterocycles. The smallest absolute Gasteiger partial charge is 0.281 e. The van der Waals surface area contributed by atoms with E-state index in [4.69, 9.17) is 0 Å². The number of benzene rings is 1. The third kappa shape index (κ3) is 4.28. The molecule has 32 heavy (non-hydrogen) atoms. The van der Waals surface area contributed by atoms with Crippen LogP contribution in [0.15, 0.2) is 29.1 Å². The van der Waals surface area contributed by atoms with E-state index in [9.17, 15) is 14.0 Å². The first-order valence-corrected chi connectivity index (χ1v) is 11.4. The average Bonchev–Trinajstić information content (AvgIpc) is 3.44. The molecular formula is C23H27FN6O2. The molecule has 3 aromatic rings. The van der Waals surface area contributed by atoms with Gasteiger partial charge in [-0.2, -0.15) is 0 Å². The topological polar surface area (TPSA) is 96.8 Å². The Labute approximate surface area is 184 Å². The highest BCUT2D eigenvalue weighted by molar-refractivity contribution is 5.76. The number of hydrogen-bond donors (Lipinski definition) is 1. The highest BCUT2D eigenvalue weighted by Crippen LogP contribution is 2.30. The zero-order chi connectivity index (χ0) is 22.1. The Balaban J connectivity index is 1.30. The van der Waals surface area contributed by atoms with Gasteiger partial charge >= 0.3 is 0 Å². The Bertz CT molecular complexity index is 1170. The standard InChI is InChI=1S/C23H27FN6O2/c24-18-7-3-6-16(12-18)14-30-22-20(27-28-30)23(32)26-21(25-22)17-8-10-29(11-9-17)19(31)13-15-4-1-2-5-15/h3,6-7,12,15,17H,1-2,4-5,8-11,13-14H2,(H,25,26,32). The molecule has 1 saturated heterocycles. The summed E-state index contributed by atoms with van der Waals surface area (Å²) in [6, 6.07) is 6.25. The minimum Gasteiger partial charge on any atom is -0.343 e. The van der Waals surface area contributed by atoms with Crippen molar-refractivity contribution in [1.82, 2.24) is 29.9 Å². The number of piperidine rings is 1. The van der Waals surface area contributed by atoms with Crippen LogP contribution in [0.1, 0.15) is 62.3 Å². The number of H-pyrrole nitrogens is 1. The number of hydrogen-bond acceptors (Lipinski definition) is 5. The molecule has 3 heterocycles. The van der Waals surface area contributed by atoms with Crippen LogP contribution in [0, 0.1) is 11.7 Å². The Hall–Kier alpha value is -3.10. The fraction of sp³-hybridized carbons (Fsp3) is 0.522. The first-order valence-electron chi connectivity index (χ1n) is 11.4. The second kappa shape index (κ2) is 8.80. The first kappa shape index (κ1) is 20.8. The lowest BCUT2D eigenvalue weighted by Crippen LogP contribution is -2.39. The largest absolute Gasteiger partial charge is 0.343 e. The molecule has 1 saturated carbocycles. The highest BCUT2D eigenvalue weighted by Gasteiger charge is 2.28. The molecule has 5 rings (SSSR count). The van der Waals surface area contributed by atoms with Crippen LogP contribution in [0.3, 0.4) is 0 Å². The maximum atomic E-state index is 13.5. The van der Waals surface area contributed by atoms with Crippen LogP contribution >= 0.6 is 0 Å². The maximum Gasteiger partial charge on any atom is 0.281 e. The number of fused-ring (bicyclic) bond motifs is 1. The van der Waals surface area contributed by atoms with Crippen molar-refractivity contribution in [3.8, 4) is 0 Å². The van der Waals surface area contributed by atoms with Crippen LogP contribution in [0.5, 0.6) is 0 Å². The summed E-state index contributed by atoms with van der Waals surface area (Å²) in [5.41, 5.74) is 0.965. The van der Waals surface area contributed by atoms with Gasteiger partial charge in [-0.15, -0.1) is 5.10 Å². The molecule has 2 fully saturated rings. The molecule has 0 spiro atoms. The molecule has 1 aromatic carbocycles. The predicted octanol–water partition coefficient (Wildman–Crippen LogP) is 2.99. The van der Waals surface area contributed by atoms with Crippen LogP contribution in [0.25, 0.3) is 11.2 Å². The number of amides is 1. The molecule has 9 heteroatoms. The van der Waals surface area contributed by atoms with Crippen molar-refractivity contribution in [3.63, 3.8) is 0 Å². The highest BCUT2D eigenvalue weighted by atomic mass is 19.1. The third-order valence-corrected chi connectivity index (χ3v) is 6.79. The van der Waals surface area contributed by atoms with Gasteiger partial charge in [0.1, 0.15) is 11.6 Å². The summed E-state index contributed by atoms with van der Waals surface area (Å²) < 4.78 is 15.1. The number of aromatic amines is 1. The van der Waals surface area contributed by atoms with Crippen molar-refractivity contribution in [1.29, 1.82) is 0 Å². The van der Waals surface area contributed by atoms with Gasteiger partial charge < -0.3 is 9.88 Å². The van der Waals surface area contributed by atoms with Crippen LogP contribution in [0.2, 0.25) is 0 Å². The average molecular weight is 439 g/mol. The molecule has 1 N–H and O–H groups in total. The predicted molar refractivity (Wildman–Crippen MR) is 117 cm³/mol. The third-order valence-electron chi connectivity index (χ3n) is 6.79. The van der Waals surface area contributed by atoms with E-state index in [2.05, 4.69) is 20.3 Å². The quantitative estimate of drug-likeness (QED) is 0.661. The zero-order valence-electron chi connectivity index (χ0n) is 18.0. The normalized spacial score (nSPS) is 18.0. The Morgan fingerprint density at radius 2 is 1.94 bits per heavy atom. The number of rotatable bonds is 5. The summed E-state index contributed by atoms with van der Waals surface area (Å²) in [7, 11) is 0. The van der Waals surface area contributed by atoms with E-state index in [1.165, 1.54) is 42.5 Å². The maximum absolute atomic E-state index is 13.5. The SMILES string of the molecule is O=C(CC1CCCC1)N1CCC(c2nc3c(nnn3Cc3cccc(F)c3)c(=O)[nH]2)CC1. The summed E-state index contributed by atoms with van der Waals surface area (Å²) in [6.07, 6.45) is 7.01. The van der Waals surface area contributed by atoms with E-state index in [1.54, 1.807) is 12.1 Å². The summed E-state index contributed by atoms with van der Waals surface area (Å²) >= 11 is 0. The molecule has 1 amide bonds. The summed E-state index contributed by atoms with van der Waals surface area (Å²) in [5, 5.41) is 8.03. The lowest BCUT2D eigenvalue weighted by molar-refractivity contribution is -0.133. The molecule has 0 atom stereocenters. The van der Waals surface area contributed by atoms with Gasteiger partial charge in [-0.3, -0.25) is 9.59 Å². The van der Waals surface area contributed by atoms with Crippen molar-refractivity contribution in [2.24, 2.45) is 5.92 Å². The summed E-state index contributed by atoms with van der Waals surface area (Å²) in [4.78, 5) is 34.7. The van der Waals surface area contributed by atoms with Crippen molar-refractivity contribution >= 4 is 17.1 Å². The van der Waals surface area contributed by atoms with E-state index in [0.717, 1.165) is 18.4 Å². The fourth-order valence-electron chi connectivity index (χ4n) is 4.98. The van der Waals surface area contributed by atoms with Gasteiger partial charge in [0.15, 0.2) is 11.2 Å². The molecule has 8 nitrogen and oxygen atoms in total. The fourth-order valence-corrected chi connectivity index (χ4v) is 4.98. The summed E-state index contributed by atoms with van der Waals surface area (Å²) in [5.74, 6) is 1.15. The molecule has 0 radical (unpaired) electrons. The van der Waals surface area contributed by atoms with E-state index in [1.807, 2.05) is 4.90 Å². The van der Waals surface area contributed by atoms with Crippen LogP contribution in [0.4, 0.5) is 4.39 Å². The first-order chi connectivity index (χ1) is 15.6. The molecule has 2 aliphatic rings. The molecule has 2 aromatic heterocycles. The van der Waals surface area contributed by atoms with Crippen LogP contribution in [-0.4, -0.2) is 48.9 Å². The molecule has 1 aliphatic carbocycles.